The van der Waals surface area contributed by atoms with Crippen LogP contribution in [0.2, 0.25) is 0 Å². The highest BCUT2D eigenvalue weighted by atomic mass is 32.1. The number of anilines is 3. The van der Waals surface area contributed by atoms with Gasteiger partial charge in [0, 0.05) is 41.0 Å². The Bertz CT molecular complexity index is 1190. The van der Waals surface area contributed by atoms with Gasteiger partial charge in [-0.2, -0.15) is 0 Å². The third-order valence-corrected chi connectivity index (χ3v) is 6.27. The Morgan fingerprint density at radius 3 is 2.83 bits per heavy atom. The van der Waals surface area contributed by atoms with Gasteiger partial charge < -0.3 is 30.2 Å². The number of hydrogen-bond donors (Lipinski definition) is 3. The van der Waals surface area contributed by atoms with Crippen LogP contribution in [0.25, 0.3) is 11.3 Å². The monoisotopic (exact) mass is 510 g/mol. The molecule has 1 amide bonds. The molecule has 2 aromatic carbocycles. The van der Waals surface area contributed by atoms with E-state index in [1.807, 2.05) is 45.0 Å². The summed E-state index contributed by atoms with van der Waals surface area (Å²) in [5, 5.41) is 10.3. The van der Waals surface area contributed by atoms with Crippen molar-refractivity contribution in [2.45, 2.75) is 39.7 Å². The van der Waals surface area contributed by atoms with Crippen LogP contribution in [0, 0.1) is 6.92 Å². The minimum absolute atomic E-state index is 0.381. The molecule has 9 heteroatoms. The number of nitrogens with one attached hydrogen (secondary N) is 3. The summed E-state index contributed by atoms with van der Waals surface area (Å²) in [5.41, 5.74) is 5.14. The maximum atomic E-state index is 11.6. The van der Waals surface area contributed by atoms with Crippen molar-refractivity contribution in [2.24, 2.45) is 0 Å². The Labute approximate surface area is 216 Å². The first-order valence-corrected chi connectivity index (χ1v) is 13.0. The SMILES string of the molecule is Cc1sc(Nc2cccc(OCCOCCNC(=O)OC(C)(C)C)c2)nc1-c1ccc2c(c1)CCN2. The predicted molar refractivity (Wildman–Crippen MR) is 145 cm³/mol. The van der Waals surface area contributed by atoms with Gasteiger partial charge in [-0.3, -0.25) is 0 Å². The second-order valence-electron chi connectivity index (χ2n) is 9.51. The highest BCUT2D eigenvalue weighted by Crippen LogP contribution is 2.35. The van der Waals surface area contributed by atoms with Crippen LogP contribution in [0.5, 0.6) is 5.75 Å². The molecular weight excluding hydrogens is 476 g/mol. The number of rotatable bonds is 10. The first kappa shape index (κ1) is 25.8. The summed E-state index contributed by atoms with van der Waals surface area (Å²) >= 11 is 1.64. The lowest BCUT2D eigenvalue weighted by atomic mass is 10.1. The number of thiazole rings is 1. The molecule has 0 saturated heterocycles. The van der Waals surface area contributed by atoms with Gasteiger partial charge in [0.25, 0.3) is 0 Å². The van der Waals surface area contributed by atoms with E-state index in [9.17, 15) is 4.79 Å². The fourth-order valence-corrected chi connectivity index (χ4v) is 4.67. The smallest absolute Gasteiger partial charge is 0.407 e. The first-order valence-electron chi connectivity index (χ1n) is 12.2. The van der Waals surface area contributed by atoms with Crippen molar-refractivity contribution in [3.8, 4) is 17.0 Å². The summed E-state index contributed by atoms with van der Waals surface area (Å²) in [4.78, 5) is 17.6. The molecule has 4 rings (SSSR count). The number of ether oxygens (including phenoxy) is 3. The second-order valence-corrected chi connectivity index (χ2v) is 10.7. The van der Waals surface area contributed by atoms with Crippen LogP contribution in [0.15, 0.2) is 42.5 Å². The van der Waals surface area contributed by atoms with Crippen LogP contribution in [0.1, 0.15) is 31.2 Å². The zero-order chi connectivity index (χ0) is 25.5. The third kappa shape index (κ3) is 7.35. The molecule has 0 spiro atoms. The summed E-state index contributed by atoms with van der Waals surface area (Å²) in [6.07, 6.45) is 0.608. The zero-order valence-corrected chi connectivity index (χ0v) is 22.1. The fraction of sp³-hybridized carbons (Fsp3) is 0.407. The number of hydrogen-bond acceptors (Lipinski definition) is 8. The molecule has 192 valence electrons. The van der Waals surface area contributed by atoms with E-state index in [1.165, 1.54) is 16.1 Å². The maximum Gasteiger partial charge on any atom is 0.407 e. The number of fused-ring (bicyclic) bond motifs is 1. The van der Waals surface area contributed by atoms with E-state index in [-0.39, 0.29) is 0 Å². The molecule has 0 bridgehead atoms. The molecule has 2 heterocycles. The fourth-order valence-electron chi connectivity index (χ4n) is 3.82. The Balaban J connectivity index is 1.22. The molecule has 0 unspecified atom stereocenters. The Kier molecular flexibility index (Phi) is 8.32. The molecule has 1 aliphatic rings. The van der Waals surface area contributed by atoms with Gasteiger partial charge in [0.2, 0.25) is 0 Å². The van der Waals surface area contributed by atoms with Crippen LogP contribution in [0.3, 0.4) is 0 Å². The van der Waals surface area contributed by atoms with Crippen molar-refractivity contribution in [1.82, 2.24) is 10.3 Å². The summed E-state index contributed by atoms with van der Waals surface area (Å²) in [7, 11) is 0. The topological polar surface area (TPSA) is 93.7 Å². The highest BCUT2D eigenvalue weighted by molar-refractivity contribution is 7.16. The number of amides is 1. The number of benzene rings is 2. The average molecular weight is 511 g/mol. The molecular formula is C27H34N4O4S. The van der Waals surface area contributed by atoms with Crippen LogP contribution in [-0.2, 0) is 15.9 Å². The number of carbonyl (C=O) groups excluding carboxylic acids is 1. The molecule has 8 nitrogen and oxygen atoms in total. The van der Waals surface area contributed by atoms with E-state index < -0.39 is 11.7 Å². The normalized spacial score (nSPS) is 12.6. The van der Waals surface area contributed by atoms with Crippen molar-refractivity contribution < 1.29 is 19.0 Å². The average Bonchev–Trinajstić information content (AvgIpc) is 3.43. The molecule has 0 radical (unpaired) electrons. The van der Waals surface area contributed by atoms with E-state index in [0.717, 1.165) is 40.8 Å². The molecule has 1 aromatic heterocycles. The molecule has 36 heavy (non-hydrogen) atoms. The maximum absolute atomic E-state index is 11.6. The Morgan fingerprint density at radius 2 is 2.00 bits per heavy atom. The lowest BCUT2D eigenvalue weighted by molar-refractivity contribution is 0.0489. The van der Waals surface area contributed by atoms with Gasteiger partial charge in [-0.1, -0.05) is 12.1 Å². The summed E-state index contributed by atoms with van der Waals surface area (Å²) in [6, 6.07) is 14.3. The lowest BCUT2D eigenvalue weighted by Crippen LogP contribution is -2.34. The zero-order valence-electron chi connectivity index (χ0n) is 21.3. The Hall–Kier alpha value is -3.30. The van der Waals surface area contributed by atoms with Gasteiger partial charge in [-0.25, -0.2) is 9.78 Å². The van der Waals surface area contributed by atoms with E-state index in [1.54, 1.807) is 11.3 Å². The van der Waals surface area contributed by atoms with Crippen LogP contribution in [-0.4, -0.2) is 49.6 Å². The molecule has 0 fully saturated rings. The molecule has 0 aliphatic carbocycles. The van der Waals surface area contributed by atoms with Crippen molar-refractivity contribution in [3.63, 3.8) is 0 Å². The van der Waals surface area contributed by atoms with Gasteiger partial charge in [0.15, 0.2) is 5.13 Å². The quantitative estimate of drug-likeness (QED) is 0.299. The Morgan fingerprint density at radius 1 is 1.14 bits per heavy atom. The molecule has 3 N–H and O–H groups in total. The summed E-state index contributed by atoms with van der Waals surface area (Å²) in [6.45, 7) is 10.2. The summed E-state index contributed by atoms with van der Waals surface area (Å²) < 4.78 is 16.5. The van der Waals surface area contributed by atoms with Gasteiger partial charge in [-0.15, -0.1) is 11.3 Å². The van der Waals surface area contributed by atoms with Crippen molar-refractivity contribution in [3.05, 3.63) is 52.9 Å². The number of aromatic nitrogens is 1. The summed E-state index contributed by atoms with van der Waals surface area (Å²) in [5.74, 6) is 0.745. The predicted octanol–water partition coefficient (Wildman–Crippen LogP) is 5.75. The minimum Gasteiger partial charge on any atom is -0.491 e. The van der Waals surface area contributed by atoms with Gasteiger partial charge >= 0.3 is 6.09 Å². The number of alkyl carbamates (subject to hydrolysis) is 1. The lowest BCUT2D eigenvalue weighted by Gasteiger charge is -2.19. The van der Waals surface area contributed by atoms with Gasteiger partial charge in [-0.05, 0) is 63.9 Å². The largest absolute Gasteiger partial charge is 0.491 e. The van der Waals surface area contributed by atoms with Crippen molar-refractivity contribution in [2.75, 3.05) is 43.5 Å². The minimum atomic E-state index is -0.511. The van der Waals surface area contributed by atoms with Gasteiger partial charge in [0.1, 0.15) is 18.0 Å². The molecule has 3 aromatic rings. The molecule has 1 aliphatic heterocycles. The van der Waals surface area contributed by atoms with Crippen LogP contribution in [0.4, 0.5) is 21.3 Å². The standard InChI is InChI=1S/C27H34N4O4S/c1-18-24(20-8-9-23-19(16-20)10-11-28-23)31-25(36-18)30-21-6-5-7-22(17-21)34-15-14-33-13-12-29-26(32)35-27(2,3)4/h5-9,16-17,28H,10-15H2,1-4H3,(H,29,32)(H,30,31). The number of aryl methyl sites for hydroxylation is 1. The van der Waals surface area contributed by atoms with E-state index in [2.05, 4.69) is 41.1 Å². The van der Waals surface area contributed by atoms with Crippen molar-refractivity contribution >= 4 is 33.9 Å². The molecule has 0 atom stereocenters. The first-order chi connectivity index (χ1) is 17.3. The van der Waals surface area contributed by atoms with Gasteiger partial charge in [0.05, 0.1) is 18.9 Å². The number of carbonyl (C=O) groups is 1. The van der Waals surface area contributed by atoms with Crippen LogP contribution >= 0.6 is 11.3 Å². The molecule has 0 saturated carbocycles. The van der Waals surface area contributed by atoms with E-state index in [0.29, 0.717) is 26.4 Å². The van der Waals surface area contributed by atoms with Crippen molar-refractivity contribution in [1.29, 1.82) is 0 Å². The highest BCUT2D eigenvalue weighted by Gasteiger charge is 2.16. The van der Waals surface area contributed by atoms with E-state index in [4.69, 9.17) is 19.2 Å². The van der Waals surface area contributed by atoms with E-state index >= 15 is 0 Å². The number of nitrogens with zero attached hydrogens (tertiary/aromatic N) is 1. The van der Waals surface area contributed by atoms with Crippen LogP contribution < -0.4 is 20.7 Å². The second kappa shape index (κ2) is 11.6. The third-order valence-electron chi connectivity index (χ3n) is 5.38.